The van der Waals surface area contributed by atoms with E-state index in [-0.39, 0.29) is 11.6 Å². The normalized spacial score (nSPS) is 10.7. The first-order valence-corrected chi connectivity index (χ1v) is 9.05. The van der Waals surface area contributed by atoms with E-state index in [0.29, 0.717) is 17.9 Å². The Morgan fingerprint density at radius 2 is 1.93 bits per heavy atom. The predicted molar refractivity (Wildman–Crippen MR) is 107 cm³/mol. The zero-order valence-electron chi connectivity index (χ0n) is 15.4. The Bertz CT molecular complexity index is 785. The fourth-order valence-electron chi connectivity index (χ4n) is 2.45. The summed E-state index contributed by atoms with van der Waals surface area (Å²) in [5.41, 5.74) is 1.38. The minimum absolute atomic E-state index is 0.0168. The van der Waals surface area contributed by atoms with E-state index in [1.165, 1.54) is 31.1 Å². The van der Waals surface area contributed by atoms with Gasteiger partial charge in [0.15, 0.2) is 0 Å². The minimum Gasteiger partial charge on any atom is -0.494 e. The van der Waals surface area contributed by atoms with E-state index in [2.05, 4.69) is 12.2 Å². The molecule has 6 nitrogen and oxygen atoms in total. The summed E-state index contributed by atoms with van der Waals surface area (Å²) in [6, 6.07) is 13.3. The third-order valence-electron chi connectivity index (χ3n) is 3.90. The molecule has 0 saturated carbocycles. The van der Waals surface area contributed by atoms with E-state index in [1.807, 2.05) is 12.1 Å². The number of amides is 1. The Labute approximate surface area is 159 Å². The van der Waals surface area contributed by atoms with Crippen LogP contribution in [0.25, 0.3) is 6.08 Å². The van der Waals surface area contributed by atoms with Gasteiger partial charge in [-0.05, 0) is 42.3 Å². The molecule has 0 atom stereocenters. The molecular weight excluding hydrogens is 344 g/mol. The fourth-order valence-corrected chi connectivity index (χ4v) is 2.45. The Hall–Kier alpha value is -3.15. The van der Waals surface area contributed by atoms with Crippen molar-refractivity contribution in [1.29, 1.82) is 0 Å². The van der Waals surface area contributed by atoms with Crippen LogP contribution in [0.1, 0.15) is 38.2 Å². The quantitative estimate of drug-likeness (QED) is 0.270. The highest BCUT2D eigenvalue weighted by molar-refractivity contribution is 6.02. The fraction of sp³-hybridized carbons (Fsp3) is 0.286. The summed E-state index contributed by atoms with van der Waals surface area (Å²) in [6.07, 6.45) is 7.56. The van der Waals surface area contributed by atoms with E-state index in [0.717, 1.165) is 18.6 Å². The minimum atomic E-state index is -0.459. The molecule has 6 heteroatoms. The Balaban J connectivity index is 1.85. The van der Waals surface area contributed by atoms with Gasteiger partial charge in [0.2, 0.25) is 5.91 Å². The number of nitrogens with one attached hydrogen (secondary N) is 1. The second-order valence-electron chi connectivity index (χ2n) is 6.11. The van der Waals surface area contributed by atoms with Gasteiger partial charge in [0.05, 0.1) is 11.5 Å². The summed E-state index contributed by atoms with van der Waals surface area (Å²) < 4.78 is 5.71. The molecule has 27 heavy (non-hydrogen) atoms. The van der Waals surface area contributed by atoms with Gasteiger partial charge in [-0.2, -0.15) is 0 Å². The number of rotatable bonds is 10. The van der Waals surface area contributed by atoms with Crippen LogP contribution in [0.3, 0.4) is 0 Å². The van der Waals surface area contributed by atoms with E-state index in [1.54, 1.807) is 30.3 Å². The van der Waals surface area contributed by atoms with Crippen molar-refractivity contribution in [1.82, 2.24) is 0 Å². The molecule has 0 aliphatic heterocycles. The van der Waals surface area contributed by atoms with Gasteiger partial charge in [-0.15, -0.1) is 0 Å². The summed E-state index contributed by atoms with van der Waals surface area (Å²) in [4.78, 5) is 22.2. The lowest BCUT2D eigenvalue weighted by Crippen LogP contribution is -2.08. The molecule has 0 fully saturated rings. The zero-order valence-corrected chi connectivity index (χ0v) is 15.4. The maximum absolute atomic E-state index is 12.1. The summed E-state index contributed by atoms with van der Waals surface area (Å²) in [5.74, 6) is 0.442. The number of non-ortho nitro benzene ring substituents is 1. The number of hydrogen-bond acceptors (Lipinski definition) is 4. The molecule has 2 aromatic carbocycles. The second-order valence-corrected chi connectivity index (χ2v) is 6.11. The van der Waals surface area contributed by atoms with Crippen molar-refractivity contribution >= 4 is 23.4 Å². The molecule has 142 valence electrons. The first-order valence-electron chi connectivity index (χ1n) is 9.05. The lowest BCUT2D eigenvalue weighted by atomic mass is 10.2. The molecule has 0 aliphatic rings. The van der Waals surface area contributed by atoms with Crippen LogP contribution < -0.4 is 10.1 Å². The molecule has 0 aromatic heterocycles. The maximum atomic E-state index is 12.1. The number of hydrogen-bond donors (Lipinski definition) is 1. The molecule has 0 unspecified atom stereocenters. The van der Waals surface area contributed by atoms with Crippen LogP contribution in [0.2, 0.25) is 0 Å². The Kier molecular flexibility index (Phi) is 8.03. The first kappa shape index (κ1) is 20.2. The summed E-state index contributed by atoms with van der Waals surface area (Å²) in [5, 5.41) is 13.4. The van der Waals surface area contributed by atoms with Crippen LogP contribution in [0, 0.1) is 10.1 Å². The molecule has 0 spiro atoms. The molecule has 0 heterocycles. The van der Waals surface area contributed by atoms with Crippen LogP contribution in [0.15, 0.2) is 54.6 Å². The molecule has 0 radical (unpaired) electrons. The molecule has 2 rings (SSSR count). The number of nitro groups is 1. The topological polar surface area (TPSA) is 81.5 Å². The molecule has 1 N–H and O–H groups in total. The highest BCUT2D eigenvalue weighted by Crippen LogP contribution is 2.18. The Morgan fingerprint density at radius 1 is 1.15 bits per heavy atom. The predicted octanol–water partition coefficient (Wildman–Crippen LogP) is 5.21. The third kappa shape index (κ3) is 7.32. The van der Waals surface area contributed by atoms with Gasteiger partial charge in [-0.1, -0.05) is 32.3 Å². The average molecular weight is 368 g/mol. The van der Waals surface area contributed by atoms with Gasteiger partial charge in [0.25, 0.3) is 5.69 Å². The number of nitro benzene ring substituents is 1. The third-order valence-corrected chi connectivity index (χ3v) is 3.90. The van der Waals surface area contributed by atoms with Crippen molar-refractivity contribution in [3.8, 4) is 5.75 Å². The number of nitrogens with zero attached hydrogens (tertiary/aromatic N) is 1. The van der Waals surface area contributed by atoms with E-state index < -0.39 is 4.92 Å². The molecule has 2 aromatic rings. The van der Waals surface area contributed by atoms with Crippen molar-refractivity contribution in [3.05, 3.63) is 70.3 Å². The van der Waals surface area contributed by atoms with Crippen LogP contribution in [0.4, 0.5) is 11.4 Å². The summed E-state index contributed by atoms with van der Waals surface area (Å²) in [7, 11) is 0. The number of carbonyl (C=O) groups excluding carboxylic acids is 1. The summed E-state index contributed by atoms with van der Waals surface area (Å²) >= 11 is 0. The lowest BCUT2D eigenvalue weighted by molar-refractivity contribution is -0.384. The highest BCUT2D eigenvalue weighted by Gasteiger charge is 2.03. The standard InChI is InChI=1S/C21H24N2O4/c1-2-3-4-5-15-27-20-8-6-7-18(16-20)22-21(24)14-11-17-9-12-19(13-10-17)23(25)26/h6-14,16H,2-5,15H2,1H3,(H,22,24)/b14-11+. The van der Waals surface area contributed by atoms with Gasteiger partial charge in [0.1, 0.15) is 5.75 Å². The van der Waals surface area contributed by atoms with Crippen molar-refractivity contribution in [2.24, 2.45) is 0 Å². The van der Waals surface area contributed by atoms with E-state index >= 15 is 0 Å². The number of anilines is 1. The number of ether oxygens (including phenoxy) is 1. The van der Waals surface area contributed by atoms with E-state index in [9.17, 15) is 14.9 Å². The van der Waals surface area contributed by atoms with Crippen molar-refractivity contribution < 1.29 is 14.5 Å². The van der Waals surface area contributed by atoms with Gasteiger partial charge in [-0.25, -0.2) is 0 Å². The lowest BCUT2D eigenvalue weighted by Gasteiger charge is -2.08. The SMILES string of the molecule is CCCCCCOc1cccc(NC(=O)/C=C/c2ccc([N+](=O)[O-])cc2)c1. The maximum Gasteiger partial charge on any atom is 0.269 e. The largest absolute Gasteiger partial charge is 0.494 e. The monoisotopic (exact) mass is 368 g/mol. The van der Waals surface area contributed by atoms with Gasteiger partial charge >= 0.3 is 0 Å². The number of benzene rings is 2. The van der Waals surface area contributed by atoms with Gasteiger partial charge in [0, 0.05) is 30.0 Å². The molecule has 1 amide bonds. The number of unbranched alkanes of at least 4 members (excludes halogenated alkanes) is 3. The van der Waals surface area contributed by atoms with Crippen LogP contribution >= 0.6 is 0 Å². The molecule has 0 bridgehead atoms. The van der Waals surface area contributed by atoms with Gasteiger partial charge in [-0.3, -0.25) is 14.9 Å². The first-order chi connectivity index (χ1) is 13.1. The average Bonchev–Trinajstić information content (AvgIpc) is 2.67. The van der Waals surface area contributed by atoms with Crippen molar-refractivity contribution in [2.45, 2.75) is 32.6 Å². The second kappa shape index (κ2) is 10.8. The molecule has 0 aliphatic carbocycles. The smallest absolute Gasteiger partial charge is 0.269 e. The Morgan fingerprint density at radius 3 is 2.63 bits per heavy atom. The molecule has 0 saturated heterocycles. The highest BCUT2D eigenvalue weighted by atomic mass is 16.6. The van der Waals surface area contributed by atoms with Crippen molar-refractivity contribution in [2.75, 3.05) is 11.9 Å². The summed E-state index contributed by atoms with van der Waals surface area (Å²) in [6.45, 7) is 2.83. The van der Waals surface area contributed by atoms with Crippen LogP contribution in [-0.2, 0) is 4.79 Å². The van der Waals surface area contributed by atoms with Crippen molar-refractivity contribution in [3.63, 3.8) is 0 Å². The molecular formula is C21H24N2O4. The zero-order chi connectivity index (χ0) is 19.5. The van der Waals surface area contributed by atoms with Crippen LogP contribution in [0.5, 0.6) is 5.75 Å². The van der Waals surface area contributed by atoms with E-state index in [4.69, 9.17) is 4.74 Å². The number of carbonyl (C=O) groups is 1. The van der Waals surface area contributed by atoms with Crippen LogP contribution in [-0.4, -0.2) is 17.4 Å². The van der Waals surface area contributed by atoms with Gasteiger partial charge < -0.3 is 10.1 Å².